The molecular weight excluding hydrogens is 487 g/mol. The van der Waals surface area contributed by atoms with Crippen LogP contribution in [0, 0.1) is 0 Å². The standard InChI is InChI=1S/C27H16F3N3O4/c28-27(29,30)19-8-4-6-17(14-19)24-32-22-10-2-1-9-21(22)25(34)33(24)31-15-20-11-12-23(37-20)16-5-3-7-18(13-16)26(35)36/h1-15H,(H,35,36). The Morgan fingerprint density at radius 1 is 0.946 bits per heavy atom. The molecule has 0 spiro atoms. The van der Waals surface area contributed by atoms with Crippen molar-refractivity contribution in [2.75, 3.05) is 0 Å². The Kier molecular flexibility index (Phi) is 5.92. The molecule has 2 heterocycles. The van der Waals surface area contributed by atoms with Gasteiger partial charge in [0, 0.05) is 11.1 Å². The van der Waals surface area contributed by atoms with Crippen molar-refractivity contribution in [3.05, 3.63) is 112 Å². The molecule has 0 aliphatic carbocycles. The minimum Gasteiger partial charge on any atom is -0.478 e. The van der Waals surface area contributed by atoms with E-state index in [9.17, 15) is 27.9 Å². The van der Waals surface area contributed by atoms with Crippen molar-refractivity contribution in [3.8, 4) is 22.7 Å². The van der Waals surface area contributed by atoms with Crippen molar-refractivity contribution in [2.45, 2.75) is 6.18 Å². The minimum absolute atomic E-state index is 0.0560. The summed E-state index contributed by atoms with van der Waals surface area (Å²) in [6.07, 6.45) is -3.34. The molecule has 0 unspecified atom stereocenters. The fraction of sp³-hybridized carbons (Fsp3) is 0.0370. The van der Waals surface area contributed by atoms with Gasteiger partial charge in [-0.1, -0.05) is 36.4 Å². The van der Waals surface area contributed by atoms with Crippen LogP contribution in [0.3, 0.4) is 0 Å². The number of nitrogens with zero attached hydrogens (tertiary/aromatic N) is 3. The first kappa shape index (κ1) is 23.7. The molecule has 0 amide bonds. The highest BCUT2D eigenvalue weighted by Gasteiger charge is 2.31. The third-order valence-electron chi connectivity index (χ3n) is 5.52. The van der Waals surface area contributed by atoms with Crippen molar-refractivity contribution < 1.29 is 27.5 Å². The minimum atomic E-state index is -4.58. The Bertz CT molecular complexity index is 1740. The molecule has 5 rings (SSSR count). The summed E-state index contributed by atoms with van der Waals surface area (Å²) in [5.74, 6) is -0.565. The molecule has 184 valence electrons. The van der Waals surface area contributed by atoms with E-state index in [1.54, 1.807) is 48.5 Å². The lowest BCUT2D eigenvalue weighted by atomic mass is 10.1. The summed E-state index contributed by atoms with van der Waals surface area (Å²) in [7, 11) is 0. The highest BCUT2D eigenvalue weighted by Crippen LogP contribution is 2.32. The predicted octanol–water partition coefficient (Wildman–Crippen LogP) is 5.92. The number of carboxylic acid groups (broad SMARTS) is 1. The zero-order valence-corrected chi connectivity index (χ0v) is 18.8. The number of para-hydroxylation sites is 1. The van der Waals surface area contributed by atoms with E-state index in [2.05, 4.69) is 10.1 Å². The van der Waals surface area contributed by atoms with Crippen LogP contribution in [0.1, 0.15) is 21.7 Å². The van der Waals surface area contributed by atoms with Gasteiger partial charge in [0.2, 0.25) is 0 Å². The summed E-state index contributed by atoms with van der Waals surface area (Å²) in [5.41, 5.74) is -0.486. The molecule has 37 heavy (non-hydrogen) atoms. The molecule has 0 aliphatic rings. The molecular formula is C27H16F3N3O4. The zero-order chi connectivity index (χ0) is 26.2. The number of carbonyl (C=O) groups is 1. The number of furan rings is 1. The van der Waals surface area contributed by atoms with Crippen LogP contribution in [-0.4, -0.2) is 27.0 Å². The molecule has 1 N–H and O–H groups in total. The Hall–Kier alpha value is -4.99. The summed E-state index contributed by atoms with van der Waals surface area (Å²) in [6, 6.07) is 20.3. The third-order valence-corrected chi connectivity index (χ3v) is 5.52. The van der Waals surface area contributed by atoms with Crippen molar-refractivity contribution >= 4 is 23.1 Å². The molecule has 0 atom stereocenters. The number of fused-ring (bicyclic) bond motifs is 1. The van der Waals surface area contributed by atoms with Gasteiger partial charge in [-0.2, -0.15) is 22.9 Å². The van der Waals surface area contributed by atoms with Gasteiger partial charge in [-0.15, -0.1) is 0 Å². The van der Waals surface area contributed by atoms with E-state index in [4.69, 9.17) is 4.42 Å². The highest BCUT2D eigenvalue weighted by atomic mass is 19.4. The fourth-order valence-corrected chi connectivity index (χ4v) is 3.75. The van der Waals surface area contributed by atoms with Crippen LogP contribution >= 0.6 is 0 Å². The number of alkyl halides is 3. The van der Waals surface area contributed by atoms with Gasteiger partial charge in [-0.3, -0.25) is 4.79 Å². The summed E-state index contributed by atoms with van der Waals surface area (Å²) < 4.78 is 46.7. The second-order valence-corrected chi connectivity index (χ2v) is 7.98. The molecule has 0 radical (unpaired) electrons. The third kappa shape index (κ3) is 4.76. The van der Waals surface area contributed by atoms with Gasteiger partial charge in [0.25, 0.3) is 5.56 Å². The van der Waals surface area contributed by atoms with Crippen molar-refractivity contribution in [1.82, 2.24) is 9.66 Å². The number of hydrogen-bond donors (Lipinski definition) is 1. The average Bonchev–Trinajstić information content (AvgIpc) is 3.37. The van der Waals surface area contributed by atoms with Crippen LogP contribution in [0.5, 0.6) is 0 Å². The van der Waals surface area contributed by atoms with Crippen molar-refractivity contribution in [2.24, 2.45) is 5.10 Å². The summed E-state index contributed by atoms with van der Waals surface area (Å²) in [5, 5.41) is 13.6. The number of halogens is 3. The van der Waals surface area contributed by atoms with Gasteiger partial charge < -0.3 is 9.52 Å². The maximum absolute atomic E-state index is 13.3. The first-order valence-corrected chi connectivity index (χ1v) is 10.9. The quantitative estimate of drug-likeness (QED) is 0.300. The topological polar surface area (TPSA) is 97.7 Å². The lowest BCUT2D eigenvalue weighted by molar-refractivity contribution is -0.137. The number of rotatable bonds is 5. The van der Waals surface area contributed by atoms with Crippen LogP contribution in [0.25, 0.3) is 33.6 Å². The maximum atomic E-state index is 13.3. The number of hydrogen-bond acceptors (Lipinski definition) is 5. The number of benzene rings is 3. The predicted molar refractivity (Wildman–Crippen MR) is 131 cm³/mol. The summed E-state index contributed by atoms with van der Waals surface area (Å²) in [4.78, 5) is 28.9. The van der Waals surface area contributed by atoms with Crippen molar-refractivity contribution in [3.63, 3.8) is 0 Å². The van der Waals surface area contributed by atoms with Gasteiger partial charge in [0.05, 0.1) is 28.2 Å². The van der Waals surface area contributed by atoms with Crippen LogP contribution in [0.4, 0.5) is 13.2 Å². The van der Waals surface area contributed by atoms with E-state index in [0.29, 0.717) is 16.8 Å². The molecule has 2 aromatic heterocycles. The molecule has 5 aromatic rings. The van der Waals surface area contributed by atoms with Gasteiger partial charge >= 0.3 is 12.1 Å². The maximum Gasteiger partial charge on any atom is 0.416 e. The van der Waals surface area contributed by atoms with E-state index >= 15 is 0 Å². The van der Waals surface area contributed by atoms with Crippen LogP contribution in [-0.2, 0) is 6.18 Å². The number of aromatic nitrogens is 2. The lowest BCUT2D eigenvalue weighted by Gasteiger charge is -2.11. The number of aromatic carboxylic acids is 1. The van der Waals surface area contributed by atoms with Gasteiger partial charge in [0.15, 0.2) is 5.82 Å². The van der Waals surface area contributed by atoms with E-state index in [1.807, 2.05) is 0 Å². The van der Waals surface area contributed by atoms with E-state index in [1.165, 1.54) is 30.5 Å². The Labute approximate surface area is 206 Å². The molecule has 0 saturated heterocycles. The monoisotopic (exact) mass is 503 g/mol. The average molecular weight is 503 g/mol. The van der Waals surface area contributed by atoms with E-state index < -0.39 is 23.3 Å². The molecule has 0 fully saturated rings. The Balaban J connectivity index is 1.59. The van der Waals surface area contributed by atoms with Gasteiger partial charge in [-0.25, -0.2) is 9.78 Å². The lowest BCUT2D eigenvalue weighted by Crippen LogP contribution is -2.20. The molecule has 10 heteroatoms. The normalized spacial score (nSPS) is 11.9. The molecule has 0 aliphatic heterocycles. The Morgan fingerprint density at radius 3 is 2.49 bits per heavy atom. The number of carboxylic acids is 1. The second kappa shape index (κ2) is 9.23. The van der Waals surface area contributed by atoms with Crippen LogP contribution in [0.15, 0.2) is 99.2 Å². The van der Waals surface area contributed by atoms with Gasteiger partial charge in [0.1, 0.15) is 11.5 Å². The fourth-order valence-electron chi connectivity index (χ4n) is 3.75. The van der Waals surface area contributed by atoms with E-state index in [0.717, 1.165) is 16.8 Å². The molecule has 0 bridgehead atoms. The first-order valence-electron chi connectivity index (χ1n) is 10.9. The van der Waals surface area contributed by atoms with Crippen LogP contribution < -0.4 is 5.56 Å². The SMILES string of the molecule is O=C(O)c1cccc(-c2ccc(C=Nn3c(-c4cccc(C(F)(F)F)c4)nc4ccccc4c3=O)o2)c1. The smallest absolute Gasteiger partial charge is 0.416 e. The van der Waals surface area contributed by atoms with Gasteiger partial charge in [-0.05, 0) is 48.5 Å². The van der Waals surface area contributed by atoms with E-state index in [-0.39, 0.29) is 28.1 Å². The Morgan fingerprint density at radius 2 is 1.70 bits per heavy atom. The molecule has 7 nitrogen and oxygen atoms in total. The summed E-state index contributed by atoms with van der Waals surface area (Å²) >= 11 is 0. The first-order chi connectivity index (χ1) is 17.7. The van der Waals surface area contributed by atoms with Crippen molar-refractivity contribution in [1.29, 1.82) is 0 Å². The zero-order valence-electron chi connectivity index (χ0n) is 18.8. The van der Waals surface area contributed by atoms with Crippen LogP contribution in [0.2, 0.25) is 0 Å². The molecule has 0 saturated carbocycles. The molecule has 3 aromatic carbocycles. The highest BCUT2D eigenvalue weighted by molar-refractivity contribution is 5.89. The largest absolute Gasteiger partial charge is 0.478 e. The summed E-state index contributed by atoms with van der Waals surface area (Å²) in [6.45, 7) is 0. The second-order valence-electron chi connectivity index (χ2n) is 7.98.